The van der Waals surface area contributed by atoms with Gasteiger partial charge in [0.15, 0.2) is 0 Å². The molecular formula is C6H9N3S. The number of nitrogens with one attached hydrogen (secondary N) is 1. The summed E-state index contributed by atoms with van der Waals surface area (Å²) in [6.07, 6.45) is 3.55. The highest BCUT2D eigenvalue weighted by molar-refractivity contribution is 6.99. The fraction of sp³-hybridized carbons (Fsp3) is 0.333. The fourth-order valence-corrected chi connectivity index (χ4v) is 1.15. The number of rotatable bonds is 3. The molecule has 0 aliphatic carbocycles. The Hall–Kier alpha value is -0.740. The van der Waals surface area contributed by atoms with Crippen LogP contribution in [0.5, 0.6) is 0 Å². The summed E-state index contributed by atoms with van der Waals surface area (Å²) >= 11 is 1.21. The minimum atomic E-state index is 0.138. The average molecular weight is 155 g/mol. The maximum absolute atomic E-state index is 4.06. The molecule has 0 saturated heterocycles. The molecule has 0 fully saturated rings. The Labute approximate surface area is 64.1 Å². The first-order valence-corrected chi connectivity index (χ1v) is 3.68. The molecule has 1 unspecified atom stereocenters. The first-order chi connectivity index (χ1) is 4.88. The molecule has 10 heavy (non-hydrogen) atoms. The molecule has 1 atom stereocenters. The Balaban J connectivity index is 2.73. The van der Waals surface area contributed by atoms with Crippen molar-refractivity contribution in [1.29, 1.82) is 0 Å². The minimum Gasteiger partial charge on any atom is -0.308 e. The van der Waals surface area contributed by atoms with Gasteiger partial charge in [0.1, 0.15) is 0 Å². The summed E-state index contributed by atoms with van der Waals surface area (Å²) in [7, 11) is 1.87. The molecule has 0 bridgehead atoms. The molecule has 0 aliphatic heterocycles. The van der Waals surface area contributed by atoms with Crippen LogP contribution >= 0.6 is 11.7 Å². The van der Waals surface area contributed by atoms with Gasteiger partial charge in [0.05, 0.1) is 29.7 Å². The van der Waals surface area contributed by atoms with Crippen molar-refractivity contribution in [2.75, 3.05) is 7.05 Å². The van der Waals surface area contributed by atoms with Gasteiger partial charge in [-0.3, -0.25) is 0 Å². The number of hydrogen-bond donors (Lipinski definition) is 1. The van der Waals surface area contributed by atoms with E-state index in [2.05, 4.69) is 20.6 Å². The van der Waals surface area contributed by atoms with Crippen LogP contribution in [0.15, 0.2) is 18.9 Å². The van der Waals surface area contributed by atoms with Crippen LogP contribution in [0.25, 0.3) is 0 Å². The number of nitrogens with zero attached hydrogens (tertiary/aromatic N) is 2. The summed E-state index contributed by atoms with van der Waals surface area (Å²) in [5.41, 5.74) is 0.933. The minimum absolute atomic E-state index is 0.138. The van der Waals surface area contributed by atoms with Crippen molar-refractivity contribution < 1.29 is 0 Å². The Morgan fingerprint density at radius 3 is 3.10 bits per heavy atom. The summed E-state index contributed by atoms with van der Waals surface area (Å²) in [6.45, 7) is 3.66. The predicted octanol–water partition coefficient (Wildman–Crippen LogP) is 0.985. The van der Waals surface area contributed by atoms with Crippen molar-refractivity contribution >= 4 is 11.7 Å². The summed E-state index contributed by atoms with van der Waals surface area (Å²) in [4.78, 5) is 0. The summed E-state index contributed by atoms with van der Waals surface area (Å²) < 4.78 is 7.94. The topological polar surface area (TPSA) is 37.8 Å². The first kappa shape index (κ1) is 7.37. The van der Waals surface area contributed by atoms with Crippen molar-refractivity contribution in [2.24, 2.45) is 0 Å². The number of aromatic nitrogens is 2. The van der Waals surface area contributed by atoms with Crippen LogP contribution in [-0.4, -0.2) is 15.8 Å². The smallest absolute Gasteiger partial charge is 0.0951 e. The number of hydrogen-bond acceptors (Lipinski definition) is 4. The van der Waals surface area contributed by atoms with Crippen molar-refractivity contribution in [3.05, 3.63) is 24.5 Å². The second-order valence-electron chi connectivity index (χ2n) is 1.83. The van der Waals surface area contributed by atoms with Gasteiger partial charge in [-0.2, -0.15) is 8.75 Å². The summed E-state index contributed by atoms with van der Waals surface area (Å²) in [6, 6.07) is 0.138. The van der Waals surface area contributed by atoms with Crippen molar-refractivity contribution in [1.82, 2.24) is 14.1 Å². The van der Waals surface area contributed by atoms with Crippen LogP contribution in [0.1, 0.15) is 11.7 Å². The Morgan fingerprint density at radius 2 is 2.70 bits per heavy atom. The van der Waals surface area contributed by atoms with Gasteiger partial charge in [0, 0.05) is 0 Å². The molecule has 1 rings (SSSR count). The van der Waals surface area contributed by atoms with Gasteiger partial charge in [-0.05, 0) is 7.05 Å². The average Bonchev–Trinajstić information content (AvgIpc) is 2.43. The molecule has 0 saturated carbocycles. The molecular weight excluding hydrogens is 146 g/mol. The lowest BCUT2D eigenvalue weighted by Crippen LogP contribution is -2.13. The van der Waals surface area contributed by atoms with Crippen LogP contribution < -0.4 is 5.32 Å². The summed E-state index contributed by atoms with van der Waals surface area (Å²) in [5, 5.41) is 3.04. The number of likely N-dealkylation sites (N-methyl/N-ethyl adjacent to an activating group) is 1. The molecule has 1 aromatic rings. The molecule has 0 amide bonds. The lowest BCUT2D eigenvalue weighted by molar-refractivity contribution is 0.701. The van der Waals surface area contributed by atoms with E-state index in [0.29, 0.717) is 0 Å². The lowest BCUT2D eigenvalue weighted by Gasteiger charge is -2.04. The monoisotopic (exact) mass is 155 g/mol. The van der Waals surface area contributed by atoms with Crippen molar-refractivity contribution in [3.8, 4) is 0 Å². The van der Waals surface area contributed by atoms with E-state index >= 15 is 0 Å². The van der Waals surface area contributed by atoms with Crippen molar-refractivity contribution in [2.45, 2.75) is 6.04 Å². The molecule has 1 N–H and O–H groups in total. The van der Waals surface area contributed by atoms with E-state index in [1.807, 2.05) is 7.05 Å². The van der Waals surface area contributed by atoms with E-state index in [9.17, 15) is 0 Å². The largest absolute Gasteiger partial charge is 0.308 e. The van der Waals surface area contributed by atoms with Crippen LogP contribution in [0.4, 0.5) is 0 Å². The highest BCUT2D eigenvalue weighted by Gasteiger charge is 2.05. The zero-order valence-corrected chi connectivity index (χ0v) is 6.56. The first-order valence-electron chi connectivity index (χ1n) is 2.95. The van der Waals surface area contributed by atoms with Crippen LogP contribution in [-0.2, 0) is 0 Å². The van der Waals surface area contributed by atoms with E-state index in [4.69, 9.17) is 0 Å². The standard InChI is InChI=1S/C6H9N3S/c1-3-5(7-2)6-4-8-10-9-6/h3-5,7H,1H2,2H3. The zero-order valence-electron chi connectivity index (χ0n) is 5.74. The molecule has 0 radical (unpaired) electrons. The molecule has 4 heteroatoms. The highest BCUT2D eigenvalue weighted by Crippen LogP contribution is 2.09. The molecule has 54 valence electrons. The molecule has 3 nitrogen and oxygen atoms in total. The predicted molar refractivity (Wildman–Crippen MR) is 41.9 cm³/mol. The van der Waals surface area contributed by atoms with Crippen LogP contribution in [0.2, 0.25) is 0 Å². The van der Waals surface area contributed by atoms with Crippen LogP contribution in [0, 0.1) is 0 Å². The van der Waals surface area contributed by atoms with Gasteiger partial charge < -0.3 is 5.32 Å². The zero-order chi connectivity index (χ0) is 7.40. The highest BCUT2D eigenvalue weighted by atomic mass is 32.1. The Bertz CT molecular complexity index is 195. The molecule has 1 aromatic heterocycles. The maximum Gasteiger partial charge on any atom is 0.0951 e. The lowest BCUT2D eigenvalue weighted by atomic mass is 10.2. The van der Waals surface area contributed by atoms with Gasteiger partial charge in [0.2, 0.25) is 0 Å². The summed E-state index contributed by atoms with van der Waals surface area (Å²) in [5.74, 6) is 0. The van der Waals surface area contributed by atoms with Crippen molar-refractivity contribution in [3.63, 3.8) is 0 Å². The normalized spacial score (nSPS) is 12.9. The van der Waals surface area contributed by atoms with E-state index in [1.165, 1.54) is 11.7 Å². The van der Waals surface area contributed by atoms with Gasteiger partial charge >= 0.3 is 0 Å². The van der Waals surface area contributed by atoms with E-state index in [1.54, 1.807) is 12.3 Å². The fourth-order valence-electron chi connectivity index (χ4n) is 0.695. The SMILES string of the molecule is C=CC(NC)c1cnsn1. The second-order valence-corrected chi connectivity index (χ2v) is 2.39. The van der Waals surface area contributed by atoms with Gasteiger partial charge in [-0.25, -0.2) is 0 Å². The van der Waals surface area contributed by atoms with Gasteiger partial charge in [-0.15, -0.1) is 6.58 Å². The van der Waals surface area contributed by atoms with Gasteiger partial charge in [-0.1, -0.05) is 6.08 Å². The van der Waals surface area contributed by atoms with Gasteiger partial charge in [0.25, 0.3) is 0 Å². The quantitative estimate of drug-likeness (QED) is 0.661. The molecule has 0 spiro atoms. The van der Waals surface area contributed by atoms with E-state index < -0.39 is 0 Å². The molecule has 0 aliphatic rings. The molecule has 0 aromatic carbocycles. The van der Waals surface area contributed by atoms with Crippen LogP contribution in [0.3, 0.4) is 0 Å². The second kappa shape index (κ2) is 3.43. The third-order valence-electron chi connectivity index (χ3n) is 1.24. The third kappa shape index (κ3) is 1.40. The third-order valence-corrected chi connectivity index (χ3v) is 1.74. The maximum atomic E-state index is 4.06. The molecule has 1 heterocycles. The van der Waals surface area contributed by atoms with E-state index in [-0.39, 0.29) is 6.04 Å². The van der Waals surface area contributed by atoms with E-state index in [0.717, 1.165) is 5.69 Å². The Morgan fingerprint density at radius 1 is 1.90 bits per heavy atom. The Kier molecular flexibility index (Phi) is 2.53.